The van der Waals surface area contributed by atoms with Gasteiger partial charge >= 0.3 is 6.03 Å². The molecule has 0 spiro atoms. The van der Waals surface area contributed by atoms with Crippen LogP contribution in [0.2, 0.25) is 0 Å². The van der Waals surface area contributed by atoms with Crippen molar-refractivity contribution in [2.75, 3.05) is 11.1 Å². The second-order valence-corrected chi connectivity index (χ2v) is 6.17. The van der Waals surface area contributed by atoms with Crippen molar-refractivity contribution >= 4 is 35.3 Å². The number of primary amides is 2. The van der Waals surface area contributed by atoms with Crippen LogP contribution in [0.5, 0.6) is 0 Å². The fourth-order valence-corrected chi connectivity index (χ4v) is 3.37. The molecule has 1 aromatic carbocycles. The molecule has 0 saturated carbocycles. The summed E-state index contributed by atoms with van der Waals surface area (Å²) in [5.74, 6) is 0.149. The van der Waals surface area contributed by atoms with Gasteiger partial charge in [-0.3, -0.25) is 14.9 Å². The Morgan fingerprint density at radius 1 is 1.22 bits per heavy atom. The van der Waals surface area contributed by atoms with Crippen LogP contribution in [-0.2, 0) is 11.2 Å². The third-order valence-electron chi connectivity index (χ3n) is 3.48. The maximum Gasteiger partial charge on any atom is 0.317 e. The molecule has 2 aromatic rings. The average molecular weight is 330 g/mol. The van der Waals surface area contributed by atoms with Crippen LogP contribution in [0.4, 0.5) is 10.6 Å². The quantitative estimate of drug-likeness (QED) is 0.679. The summed E-state index contributed by atoms with van der Waals surface area (Å²) in [6.07, 6.45) is 0.395. The van der Waals surface area contributed by atoms with Crippen molar-refractivity contribution < 1.29 is 14.4 Å². The number of hydrogen-bond acceptors (Lipinski definition) is 4. The predicted molar refractivity (Wildman–Crippen MR) is 87.4 cm³/mol. The van der Waals surface area contributed by atoms with E-state index in [0.29, 0.717) is 17.9 Å². The molecule has 1 aromatic heterocycles. The molecule has 118 valence electrons. The Labute approximate surface area is 135 Å². The number of aromatic nitrogens is 1. The van der Waals surface area contributed by atoms with Crippen molar-refractivity contribution in [3.63, 3.8) is 0 Å². The molecule has 0 aliphatic carbocycles. The standard InChI is InChI=1S/C15H14N4O3S/c16-13(21)10-5-11(18-14(10)19-15(17)22)7-1-2-12-8(3-7)4-9(20)6-23-12/h1-3,5,18H,4,6H2,(H2,16,21)(H3,17,19,22). The Hall–Kier alpha value is -2.74. The number of carbonyl (C=O) groups excluding carboxylic acids is 3. The third-order valence-corrected chi connectivity index (χ3v) is 4.65. The number of Topliss-reactive ketones (excluding diaryl/α,β-unsaturated/α-hetero) is 1. The zero-order valence-corrected chi connectivity index (χ0v) is 12.8. The van der Waals surface area contributed by atoms with Gasteiger partial charge in [-0.25, -0.2) is 4.79 Å². The van der Waals surface area contributed by atoms with Gasteiger partial charge in [-0.15, -0.1) is 11.8 Å². The summed E-state index contributed by atoms with van der Waals surface area (Å²) in [5.41, 5.74) is 12.9. The smallest absolute Gasteiger partial charge is 0.317 e. The molecule has 0 bridgehead atoms. The van der Waals surface area contributed by atoms with Gasteiger partial charge in [-0.1, -0.05) is 6.07 Å². The molecule has 0 saturated heterocycles. The van der Waals surface area contributed by atoms with Gasteiger partial charge in [0.1, 0.15) is 11.6 Å². The number of nitrogens with one attached hydrogen (secondary N) is 2. The highest BCUT2D eigenvalue weighted by atomic mass is 32.2. The second kappa shape index (κ2) is 5.81. The number of benzene rings is 1. The number of hydrogen-bond donors (Lipinski definition) is 4. The molecule has 2 heterocycles. The molecule has 23 heavy (non-hydrogen) atoms. The Balaban J connectivity index is 2.01. The molecule has 0 unspecified atom stereocenters. The molecule has 0 radical (unpaired) electrons. The van der Waals surface area contributed by atoms with E-state index >= 15 is 0 Å². The summed E-state index contributed by atoms with van der Waals surface area (Å²) < 4.78 is 0. The van der Waals surface area contributed by atoms with Crippen LogP contribution in [-0.4, -0.2) is 28.5 Å². The summed E-state index contributed by atoms with van der Waals surface area (Å²) in [5, 5.41) is 2.34. The lowest BCUT2D eigenvalue weighted by atomic mass is 10.0. The van der Waals surface area contributed by atoms with Gasteiger partial charge in [-0.2, -0.15) is 0 Å². The van der Waals surface area contributed by atoms with Crippen molar-refractivity contribution in [2.24, 2.45) is 11.5 Å². The number of H-pyrrole nitrogens is 1. The van der Waals surface area contributed by atoms with E-state index in [1.807, 2.05) is 18.2 Å². The van der Waals surface area contributed by atoms with Crippen LogP contribution >= 0.6 is 11.8 Å². The van der Waals surface area contributed by atoms with Crippen molar-refractivity contribution in [3.8, 4) is 11.3 Å². The fourth-order valence-electron chi connectivity index (χ4n) is 2.47. The van der Waals surface area contributed by atoms with E-state index in [1.165, 1.54) is 11.8 Å². The summed E-state index contributed by atoms with van der Waals surface area (Å²) in [4.78, 5) is 38.1. The lowest BCUT2D eigenvalue weighted by Gasteiger charge is -2.15. The van der Waals surface area contributed by atoms with Gasteiger partial charge in [-0.05, 0) is 29.3 Å². The van der Waals surface area contributed by atoms with E-state index in [2.05, 4.69) is 10.3 Å². The number of thioether (sulfide) groups is 1. The topological polar surface area (TPSA) is 131 Å². The number of urea groups is 1. The van der Waals surface area contributed by atoms with Crippen molar-refractivity contribution in [1.82, 2.24) is 4.98 Å². The minimum atomic E-state index is -0.798. The van der Waals surface area contributed by atoms with E-state index in [9.17, 15) is 14.4 Å². The highest BCUT2D eigenvalue weighted by molar-refractivity contribution is 8.00. The Morgan fingerprint density at radius 2 is 2.00 bits per heavy atom. The number of amides is 3. The molecule has 6 N–H and O–H groups in total. The van der Waals surface area contributed by atoms with Crippen LogP contribution in [0.25, 0.3) is 11.3 Å². The average Bonchev–Trinajstić information content (AvgIpc) is 2.89. The third kappa shape index (κ3) is 3.07. The van der Waals surface area contributed by atoms with Gasteiger partial charge in [0.2, 0.25) is 0 Å². The van der Waals surface area contributed by atoms with E-state index < -0.39 is 11.9 Å². The van der Waals surface area contributed by atoms with Crippen LogP contribution in [0.15, 0.2) is 29.2 Å². The fraction of sp³-hybridized carbons (Fsp3) is 0.133. The molecule has 0 atom stereocenters. The number of ketones is 1. The molecule has 1 aliphatic heterocycles. The summed E-state index contributed by atoms with van der Waals surface area (Å²) in [6.45, 7) is 0. The van der Waals surface area contributed by atoms with Crippen molar-refractivity contribution in [1.29, 1.82) is 0 Å². The first-order valence-corrected chi connectivity index (χ1v) is 7.79. The predicted octanol–water partition coefficient (Wildman–Crippen LogP) is 1.49. The number of nitrogens with two attached hydrogens (primary N) is 2. The van der Waals surface area contributed by atoms with E-state index in [0.717, 1.165) is 16.0 Å². The minimum Gasteiger partial charge on any atom is -0.365 e. The molecule has 0 fully saturated rings. The molecule has 1 aliphatic rings. The largest absolute Gasteiger partial charge is 0.365 e. The highest BCUT2D eigenvalue weighted by Crippen LogP contribution is 2.33. The van der Waals surface area contributed by atoms with Gasteiger partial charge in [0.25, 0.3) is 5.91 Å². The normalized spacial score (nSPS) is 13.5. The number of rotatable bonds is 3. The molecule has 3 rings (SSSR count). The maximum absolute atomic E-state index is 11.6. The van der Waals surface area contributed by atoms with Crippen LogP contribution < -0.4 is 16.8 Å². The lowest BCUT2D eigenvalue weighted by molar-refractivity contribution is -0.116. The molecular formula is C15H14N4O3S. The molecule has 3 amide bonds. The molecular weight excluding hydrogens is 316 g/mol. The van der Waals surface area contributed by atoms with E-state index in [1.54, 1.807) is 6.07 Å². The number of carbonyl (C=O) groups is 3. The van der Waals surface area contributed by atoms with Crippen molar-refractivity contribution in [3.05, 3.63) is 35.4 Å². The monoisotopic (exact) mass is 330 g/mol. The highest BCUT2D eigenvalue weighted by Gasteiger charge is 2.19. The Morgan fingerprint density at radius 3 is 2.70 bits per heavy atom. The minimum absolute atomic E-state index is 0.141. The van der Waals surface area contributed by atoms with Gasteiger partial charge in [0, 0.05) is 17.0 Å². The summed E-state index contributed by atoms with van der Waals surface area (Å²) >= 11 is 1.51. The molecule has 8 heteroatoms. The second-order valence-electron chi connectivity index (χ2n) is 5.15. The summed E-state index contributed by atoms with van der Waals surface area (Å²) in [7, 11) is 0. The number of fused-ring (bicyclic) bond motifs is 1. The number of aromatic amines is 1. The van der Waals surface area contributed by atoms with Gasteiger partial charge in [0.15, 0.2) is 0 Å². The van der Waals surface area contributed by atoms with Gasteiger partial charge in [0.05, 0.1) is 11.3 Å². The van der Waals surface area contributed by atoms with Crippen LogP contribution in [0.1, 0.15) is 15.9 Å². The van der Waals surface area contributed by atoms with E-state index in [4.69, 9.17) is 11.5 Å². The Bertz CT molecular complexity index is 828. The first-order valence-electron chi connectivity index (χ1n) is 6.81. The van der Waals surface area contributed by atoms with Crippen LogP contribution in [0, 0.1) is 0 Å². The summed E-state index contributed by atoms with van der Waals surface area (Å²) in [6, 6.07) is 6.46. The SMILES string of the molecule is NC(=O)Nc1[nH]c(-c2ccc3c(c2)CC(=O)CS3)cc1C(N)=O. The van der Waals surface area contributed by atoms with E-state index in [-0.39, 0.29) is 17.2 Å². The van der Waals surface area contributed by atoms with Gasteiger partial charge < -0.3 is 16.5 Å². The zero-order chi connectivity index (χ0) is 16.6. The first kappa shape index (κ1) is 15.2. The van der Waals surface area contributed by atoms with Crippen LogP contribution in [0.3, 0.4) is 0 Å². The first-order chi connectivity index (χ1) is 10.9. The van der Waals surface area contributed by atoms with Crippen molar-refractivity contribution in [2.45, 2.75) is 11.3 Å². The zero-order valence-electron chi connectivity index (χ0n) is 12.0. The molecule has 7 nitrogen and oxygen atoms in total. The lowest BCUT2D eigenvalue weighted by Crippen LogP contribution is -2.22. The Kier molecular flexibility index (Phi) is 3.83. The maximum atomic E-state index is 11.6. The number of anilines is 1.